The Labute approximate surface area is 76.5 Å². The van der Waals surface area contributed by atoms with Gasteiger partial charge in [0.1, 0.15) is 0 Å². The largest absolute Gasteiger partial charge is 0.376 e. The maximum Gasteiger partial charge on any atom is 0.0581 e. The van der Waals surface area contributed by atoms with E-state index in [1.165, 1.54) is 32.1 Å². The van der Waals surface area contributed by atoms with Crippen molar-refractivity contribution >= 4 is 0 Å². The molecule has 0 spiro atoms. The fraction of sp³-hybridized carbons (Fsp3) is 1.00. The molecule has 0 aromatic carbocycles. The van der Waals surface area contributed by atoms with Gasteiger partial charge in [-0.2, -0.15) is 0 Å². The van der Waals surface area contributed by atoms with Crippen LogP contribution in [0.1, 0.15) is 52.9 Å². The highest BCUT2D eigenvalue weighted by Crippen LogP contribution is 2.28. The molecule has 12 heavy (non-hydrogen) atoms. The smallest absolute Gasteiger partial charge is 0.0581 e. The molecule has 1 rings (SSSR count). The highest BCUT2D eigenvalue weighted by molar-refractivity contribution is 4.72. The maximum atomic E-state index is 5.82. The molecule has 1 saturated carbocycles. The van der Waals surface area contributed by atoms with Gasteiger partial charge in [-0.1, -0.05) is 26.2 Å². The first-order valence-electron chi connectivity index (χ1n) is 5.37. The van der Waals surface area contributed by atoms with Gasteiger partial charge in [0.2, 0.25) is 0 Å². The molecular formula is C11H22O. The van der Waals surface area contributed by atoms with E-state index in [4.69, 9.17) is 4.74 Å². The lowest BCUT2D eigenvalue weighted by atomic mass is 9.85. The first-order chi connectivity index (χ1) is 5.72. The second-order valence-corrected chi connectivity index (χ2v) is 4.25. The first kappa shape index (κ1) is 10.0. The average molecular weight is 170 g/mol. The molecule has 0 aromatic rings. The van der Waals surface area contributed by atoms with Crippen molar-refractivity contribution < 1.29 is 4.74 Å². The van der Waals surface area contributed by atoms with Gasteiger partial charge in [0, 0.05) is 0 Å². The zero-order valence-corrected chi connectivity index (χ0v) is 8.68. The number of hydrogen-bond acceptors (Lipinski definition) is 1. The van der Waals surface area contributed by atoms with Gasteiger partial charge in [-0.3, -0.25) is 0 Å². The summed E-state index contributed by atoms with van der Waals surface area (Å²) in [5.74, 6) is 0.933. The summed E-state index contributed by atoms with van der Waals surface area (Å²) in [4.78, 5) is 0. The van der Waals surface area contributed by atoms with Gasteiger partial charge in [0.05, 0.1) is 12.2 Å². The van der Waals surface area contributed by atoms with E-state index in [2.05, 4.69) is 20.8 Å². The van der Waals surface area contributed by atoms with E-state index in [1.54, 1.807) is 0 Å². The van der Waals surface area contributed by atoms with Crippen molar-refractivity contribution in [1.82, 2.24) is 0 Å². The van der Waals surface area contributed by atoms with Crippen LogP contribution in [0.25, 0.3) is 0 Å². The van der Waals surface area contributed by atoms with Gasteiger partial charge < -0.3 is 4.74 Å². The van der Waals surface area contributed by atoms with Crippen molar-refractivity contribution in [2.24, 2.45) is 5.92 Å². The molecular weight excluding hydrogens is 148 g/mol. The summed E-state index contributed by atoms with van der Waals surface area (Å²) in [5, 5.41) is 0. The Morgan fingerprint density at radius 2 is 2.08 bits per heavy atom. The molecule has 2 atom stereocenters. The van der Waals surface area contributed by atoms with Gasteiger partial charge >= 0.3 is 0 Å². The molecule has 72 valence electrons. The molecule has 0 unspecified atom stereocenters. The van der Waals surface area contributed by atoms with Crippen LogP contribution in [0.5, 0.6) is 0 Å². The monoisotopic (exact) mass is 170 g/mol. The van der Waals surface area contributed by atoms with Crippen LogP contribution < -0.4 is 0 Å². The van der Waals surface area contributed by atoms with E-state index in [0.29, 0.717) is 12.2 Å². The lowest BCUT2D eigenvalue weighted by Gasteiger charge is -2.29. The molecule has 0 aliphatic heterocycles. The second kappa shape index (κ2) is 4.86. The average Bonchev–Trinajstić information content (AvgIpc) is 2.03. The first-order valence-corrected chi connectivity index (χ1v) is 5.37. The summed E-state index contributed by atoms with van der Waals surface area (Å²) in [6.45, 7) is 6.56. The van der Waals surface area contributed by atoms with Crippen LogP contribution in [-0.4, -0.2) is 12.2 Å². The summed E-state index contributed by atoms with van der Waals surface area (Å²) >= 11 is 0. The van der Waals surface area contributed by atoms with Gasteiger partial charge in [-0.05, 0) is 32.6 Å². The molecule has 0 N–H and O–H groups in total. The van der Waals surface area contributed by atoms with Crippen molar-refractivity contribution in [3.63, 3.8) is 0 Å². The minimum absolute atomic E-state index is 0.408. The third-order valence-corrected chi connectivity index (χ3v) is 2.78. The van der Waals surface area contributed by atoms with Crippen molar-refractivity contribution in [2.75, 3.05) is 0 Å². The number of ether oxygens (including phenoxy) is 1. The molecule has 1 aliphatic rings. The fourth-order valence-electron chi connectivity index (χ4n) is 2.12. The van der Waals surface area contributed by atoms with E-state index in [0.717, 1.165) is 5.92 Å². The van der Waals surface area contributed by atoms with E-state index < -0.39 is 0 Å². The third kappa shape index (κ3) is 3.14. The Balaban J connectivity index is 2.25. The van der Waals surface area contributed by atoms with Crippen molar-refractivity contribution in [3.05, 3.63) is 0 Å². The molecule has 0 aromatic heterocycles. The summed E-state index contributed by atoms with van der Waals surface area (Å²) in [7, 11) is 0. The van der Waals surface area contributed by atoms with Crippen LogP contribution in [0.3, 0.4) is 0 Å². The molecule has 1 heteroatoms. The Morgan fingerprint density at radius 3 is 2.67 bits per heavy atom. The Hall–Kier alpha value is -0.0400. The molecule has 0 bridgehead atoms. The van der Waals surface area contributed by atoms with Crippen molar-refractivity contribution in [1.29, 1.82) is 0 Å². The lowest BCUT2D eigenvalue weighted by molar-refractivity contribution is -0.0241. The predicted octanol–water partition coefficient (Wildman–Crippen LogP) is 3.38. The number of rotatable bonds is 3. The fourth-order valence-corrected chi connectivity index (χ4v) is 2.12. The van der Waals surface area contributed by atoms with E-state index in [1.807, 2.05) is 0 Å². The highest BCUT2D eigenvalue weighted by atomic mass is 16.5. The van der Waals surface area contributed by atoms with Gasteiger partial charge in [-0.25, -0.2) is 0 Å². The van der Waals surface area contributed by atoms with Crippen LogP contribution >= 0.6 is 0 Å². The normalized spacial score (nSPS) is 31.0. The van der Waals surface area contributed by atoms with E-state index in [9.17, 15) is 0 Å². The zero-order valence-electron chi connectivity index (χ0n) is 8.68. The topological polar surface area (TPSA) is 9.23 Å². The molecule has 0 amide bonds. The zero-order chi connectivity index (χ0) is 8.97. The Kier molecular flexibility index (Phi) is 4.07. The van der Waals surface area contributed by atoms with Crippen LogP contribution in [0, 0.1) is 5.92 Å². The maximum absolute atomic E-state index is 5.82. The van der Waals surface area contributed by atoms with E-state index in [-0.39, 0.29) is 0 Å². The third-order valence-electron chi connectivity index (χ3n) is 2.78. The Morgan fingerprint density at radius 1 is 1.33 bits per heavy atom. The minimum Gasteiger partial charge on any atom is -0.376 e. The molecule has 0 heterocycles. The van der Waals surface area contributed by atoms with Crippen LogP contribution in [0.4, 0.5) is 0 Å². The SMILES string of the molecule is CC[C@H]1CCC[C@H](OC(C)C)C1. The predicted molar refractivity (Wildman–Crippen MR) is 52.3 cm³/mol. The lowest BCUT2D eigenvalue weighted by Crippen LogP contribution is -2.25. The standard InChI is InChI=1S/C11H22O/c1-4-10-6-5-7-11(8-10)12-9(2)3/h9-11H,4-8H2,1-3H3/t10-,11-/m0/s1. The van der Waals surface area contributed by atoms with Crippen molar-refractivity contribution in [3.8, 4) is 0 Å². The highest BCUT2D eigenvalue weighted by Gasteiger charge is 2.21. The second-order valence-electron chi connectivity index (χ2n) is 4.25. The summed E-state index contributed by atoms with van der Waals surface area (Å²) in [5.41, 5.74) is 0. The van der Waals surface area contributed by atoms with Gasteiger partial charge in [0.15, 0.2) is 0 Å². The summed E-state index contributed by atoms with van der Waals surface area (Å²) in [6.07, 6.45) is 7.68. The molecule has 0 saturated heterocycles. The summed E-state index contributed by atoms with van der Waals surface area (Å²) < 4.78 is 5.82. The van der Waals surface area contributed by atoms with Crippen LogP contribution in [0.2, 0.25) is 0 Å². The van der Waals surface area contributed by atoms with Gasteiger partial charge in [0.25, 0.3) is 0 Å². The molecule has 1 aliphatic carbocycles. The van der Waals surface area contributed by atoms with E-state index >= 15 is 0 Å². The van der Waals surface area contributed by atoms with Crippen LogP contribution in [-0.2, 0) is 4.74 Å². The molecule has 1 nitrogen and oxygen atoms in total. The molecule has 0 radical (unpaired) electrons. The minimum atomic E-state index is 0.408. The van der Waals surface area contributed by atoms with Crippen molar-refractivity contribution in [2.45, 2.75) is 65.1 Å². The number of hydrogen-bond donors (Lipinski definition) is 0. The molecule has 1 fully saturated rings. The van der Waals surface area contributed by atoms with Crippen LogP contribution in [0.15, 0.2) is 0 Å². The quantitative estimate of drug-likeness (QED) is 0.631. The Bertz CT molecular complexity index is 120. The summed E-state index contributed by atoms with van der Waals surface area (Å²) in [6, 6.07) is 0. The van der Waals surface area contributed by atoms with Gasteiger partial charge in [-0.15, -0.1) is 0 Å².